The molecule has 11 nitrogen and oxygen atoms in total. The highest BCUT2D eigenvalue weighted by Crippen LogP contribution is 2.42. The van der Waals surface area contributed by atoms with E-state index < -0.39 is 6.10 Å². The number of hydrogen-bond acceptors (Lipinski definition) is 10. The van der Waals surface area contributed by atoms with Crippen LogP contribution in [0, 0.1) is 5.41 Å². The van der Waals surface area contributed by atoms with E-state index in [0.717, 1.165) is 57.6 Å². The van der Waals surface area contributed by atoms with Gasteiger partial charge in [0, 0.05) is 43.7 Å². The molecular weight excluding hydrogens is 400 g/mol. The van der Waals surface area contributed by atoms with Gasteiger partial charge in [0.2, 0.25) is 0 Å². The molecular formula is C20H26N8O3. The van der Waals surface area contributed by atoms with Crippen LogP contribution in [-0.4, -0.2) is 90.4 Å². The fourth-order valence-corrected chi connectivity index (χ4v) is 4.75. The molecule has 2 aromatic heterocycles. The first kappa shape index (κ1) is 20.0. The molecule has 164 valence electrons. The van der Waals surface area contributed by atoms with Gasteiger partial charge in [0.1, 0.15) is 12.9 Å². The highest BCUT2D eigenvalue weighted by Gasteiger charge is 2.38. The molecule has 2 fully saturated rings. The Kier molecular flexibility index (Phi) is 5.36. The zero-order valence-corrected chi connectivity index (χ0v) is 17.3. The number of ether oxygens (including phenoxy) is 1. The fourth-order valence-electron chi connectivity index (χ4n) is 4.75. The zero-order valence-electron chi connectivity index (χ0n) is 17.3. The molecule has 0 saturated carbocycles. The van der Waals surface area contributed by atoms with E-state index in [0.29, 0.717) is 30.1 Å². The molecule has 0 radical (unpaired) electrons. The summed E-state index contributed by atoms with van der Waals surface area (Å²) in [6.45, 7) is 4.90. The molecule has 1 N–H and O–H groups in total. The summed E-state index contributed by atoms with van der Waals surface area (Å²) in [7, 11) is 0. The Bertz CT molecular complexity index is 928. The van der Waals surface area contributed by atoms with Crippen molar-refractivity contribution in [1.82, 2.24) is 40.0 Å². The van der Waals surface area contributed by atoms with E-state index in [-0.39, 0.29) is 5.97 Å². The minimum atomic E-state index is -0.634. The lowest BCUT2D eigenvalue weighted by Crippen LogP contribution is -2.47. The number of aliphatic hydroxyl groups is 1. The molecule has 5 rings (SSSR count). The number of aliphatic hydroxyl groups excluding tert-OH is 1. The maximum atomic E-state index is 11.3. The SMILES string of the molecule is O=C1C=C(N2CCC3(CCN(CC(O)c4cnc(-n5cnnn5)nc4)CC3)CC2)CO1. The van der Waals surface area contributed by atoms with Crippen molar-refractivity contribution in [1.29, 1.82) is 0 Å². The van der Waals surface area contributed by atoms with Crippen LogP contribution in [0.3, 0.4) is 0 Å². The summed E-state index contributed by atoms with van der Waals surface area (Å²) < 4.78 is 6.42. The van der Waals surface area contributed by atoms with E-state index in [2.05, 4.69) is 35.3 Å². The van der Waals surface area contributed by atoms with Crippen molar-refractivity contribution in [3.63, 3.8) is 0 Å². The molecule has 0 aromatic carbocycles. The Hall–Kier alpha value is -2.92. The van der Waals surface area contributed by atoms with Gasteiger partial charge in [-0.05, 0) is 54.6 Å². The number of nitrogens with zero attached hydrogens (tertiary/aromatic N) is 8. The second-order valence-corrected chi connectivity index (χ2v) is 8.62. The topological polar surface area (TPSA) is 122 Å². The number of likely N-dealkylation sites (tertiary alicyclic amines) is 2. The average molecular weight is 426 g/mol. The van der Waals surface area contributed by atoms with E-state index >= 15 is 0 Å². The van der Waals surface area contributed by atoms with Gasteiger partial charge in [-0.25, -0.2) is 14.8 Å². The second-order valence-electron chi connectivity index (χ2n) is 8.62. The number of tetrazole rings is 1. The first-order valence-corrected chi connectivity index (χ1v) is 10.7. The van der Waals surface area contributed by atoms with Gasteiger partial charge in [-0.15, -0.1) is 5.10 Å². The lowest BCUT2D eigenvalue weighted by atomic mass is 9.71. The van der Waals surface area contributed by atoms with Gasteiger partial charge in [0.15, 0.2) is 0 Å². The number of β-amino-alcohol motifs (C(OH)–C–C–N with tert-alkyl or cyclic N) is 1. The van der Waals surface area contributed by atoms with Crippen molar-refractivity contribution >= 4 is 5.97 Å². The summed E-state index contributed by atoms with van der Waals surface area (Å²) in [6.07, 6.45) is 10.2. The first-order chi connectivity index (χ1) is 15.1. The molecule has 31 heavy (non-hydrogen) atoms. The maximum Gasteiger partial charge on any atom is 0.333 e. The monoisotopic (exact) mass is 426 g/mol. The summed E-state index contributed by atoms with van der Waals surface area (Å²) >= 11 is 0. The van der Waals surface area contributed by atoms with Gasteiger partial charge in [-0.2, -0.15) is 4.68 Å². The van der Waals surface area contributed by atoms with Crippen molar-refractivity contribution in [2.45, 2.75) is 31.8 Å². The van der Waals surface area contributed by atoms with Gasteiger partial charge in [0.25, 0.3) is 5.95 Å². The molecule has 5 heterocycles. The van der Waals surface area contributed by atoms with Crippen LogP contribution in [0.5, 0.6) is 0 Å². The van der Waals surface area contributed by atoms with E-state index in [4.69, 9.17) is 4.74 Å². The summed E-state index contributed by atoms with van der Waals surface area (Å²) in [5, 5.41) is 21.5. The quantitative estimate of drug-likeness (QED) is 0.659. The largest absolute Gasteiger partial charge is 0.456 e. The fraction of sp³-hybridized carbons (Fsp3) is 0.600. The van der Waals surface area contributed by atoms with E-state index in [9.17, 15) is 9.90 Å². The molecule has 0 amide bonds. The Balaban J connectivity index is 1.11. The summed E-state index contributed by atoms with van der Waals surface area (Å²) in [4.78, 5) is 24.4. The van der Waals surface area contributed by atoms with Crippen LogP contribution in [0.2, 0.25) is 0 Å². The number of esters is 1. The minimum Gasteiger partial charge on any atom is -0.456 e. The molecule has 3 aliphatic rings. The predicted octanol–water partition coefficient (Wildman–Crippen LogP) is 0.104. The van der Waals surface area contributed by atoms with Gasteiger partial charge >= 0.3 is 5.97 Å². The number of carbonyl (C=O) groups excluding carboxylic acids is 1. The lowest BCUT2D eigenvalue weighted by molar-refractivity contribution is -0.135. The van der Waals surface area contributed by atoms with Gasteiger partial charge in [-0.3, -0.25) is 0 Å². The molecule has 1 unspecified atom stereocenters. The first-order valence-electron chi connectivity index (χ1n) is 10.7. The summed E-state index contributed by atoms with van der Waals surface area (Å²) in [5.41, 5.74) is 2.08. The Morgan fingerprint density at radius 3 is 2.42 bits per heavy atom. The van der Waals surface area contributed by atoms with Gasteiger partial charge in [0.05, 0.1) is 11.8 Å². The van der Waals surface area contributed by atoms with E-state index in [1.54, 1.807) is 18.5 Å². The minimum absolute atomic E-state index is 0.224. The number of piperidine rings is 2. The zero-order chi connectivity index (χ0) is 21.3. The highest BCUT2D eigenvalue weighted by atomic mass is 16.5. The Labute approximate surface area is 179 Å². The van der Waals surface area contributed by atoms with Crippen molar-refractivity contribution in [2.75, 3.05) is 39.3 Å². The standard InChI is InChI=1S/C20H26N8O3/c29-17(15-10-21-19(22-11-15)28-14-23-24-25-28)12-26-5-1-20(2-6-26)3-7-27(8-4-20)16-9-18(30)31-13-16/h9-11,14,17,29H,1-8,12-13H2. The lowest BCUT2D eigenvalue weighted by Gasteiger charge is -2.47. The third-order valence-electron chi connectivity index (χ3n) is 6.82. The van der Waals surface area contributed by atoms with Crippen LogP contribution in [0.1, 0.15) is 37.4 Å². The molecule has 11 heteroatoms. The van der Waals surface area contributed by atoms with Crippen molar-refractivity contribution in [3.05, 3.63) is 36.1 Å². The second kappa shape index (κ2) is 8.31. The van der Waals surface area contributed by atoms with E-state index in [1.807, 2.05) is 0 Å². The van der Waals surface area contributed by atoms with Crippen molar-refractivity contribution in [3.8, 4) is 5.95 Å². The molecule has 0 bridgehead atoms. The number of cyclic esters (lactones) is 1. The normalized spacial score (nSPS) is 22.4. The summed E-state index contributed by atoms with van der Waals surface area (Å²) in [5.74, 6) is 0.147. The van der Waals surface area contributed by atoms with Gasteiger partial charge in [-0.1, -0.05) is 0 Å². The Morgan fingerprint density at radius 1 is 1.10 bits per heavy atom. The maximum absolute atomic E-state index is 11.3. The van der Waals surface area contributed by atoms with E-state index in [1.165, 1.54) is 11.0 Å². The molecule has 3 aliphatic heterocycles. The number of carbonyl (C=O) groups is 1. The molecule has 0 aliphatic carbocycles. The molecule has 1 spiro atoms. The van der Waals surface area contributed by atoms with Crippen molar-refractivity contribution < 1.29 is 14.6 Å². The third-order valence-corrected chi connectivity index (χ3v) is 6.82. The highest BCUT2D eigenvalue weighted by molar-refractivity contribution is 5.85. The molecule has 2 aromatic rings. The van der Waals surface area contributed by atoms with Gasteiger partial charge < -0.3 is 19.6 Å². The predicted molar refractivity (Wildman–Crippen MR) is 108 cm³/mol. The van der Waals surface area contributed by atoms with Crippen molar-refractivity contribution in [2.24, 2.45) is 5.41 Å². The number of aromatic nitrogens is 6. The smallest absolute Gasteiger partial charge is 0.333 e. The molecule has 1 atom stereocenters. The van der Waals surface area contributed by atoms with Crippen LogP contribution in [0.25, 0.3) is 5.95 Å². The number of rotatable bonds is 5. The summed E-state index contributed by atoms with van der Waals surface area (Å²) in [6, 6.07) is 0. The van der Waals surface area contributed by atoms with Crippen LogP contribution in [0.4, 0.5) is 0 Å². The Morgan fingerprint density at radius 2 is 1.81 bits per heavy atom. The van der Waals surface area contributed by atoms with Crippen LogP contribution in [0.15, 0.2) is 30.5 Å². The average Bonchev–Trinajstić information content (AvgIpc) is 3.48. The van der Waals surface area contributed by atoms with Crippen LogP contribution >= 0.6 is 0 Å². The van der Waals surface area contributed by atoms with Crippen LogP contribution < -0.4 is 0 Å². The van der Waals surface area contributed by atoms with Crippen LogP contribution in [-0.2, 0) is 9.53 Å². The number of hydrogen-bond donors (Lipinski definition) is 1. The third kappa shape index (κ3) is 4.28. The molecule has 2 saturated heterocycles.